The summed E-state index contributed by atoms with van der Waals surface area (Å²) in [7, 11) is -2.50. The molecule has 0 aromatic heterocycles. The summed E-state index contributed by atoms with van der Waals surface area (Å²) >= 11 is 0. The summed E-state index contributed by atoms with van der Waals surface area (Å²) in [6.07, 6.45) is 3.79. The summed E-state index contributed by atoms with van der Waals surface area (Å²) in [4.78, 5) is 11.5. The van der Waals surface area contributed by atoms with E-state index >= 15 is 0 Å². The third-order valence-electron chi connectivity index (χ3n) is 4.57. The molecule has 0 aliphatic carbocycles. The number of rotatable bonds is 8. The molecule has 27 heavy (non-hydrogen) atoms. The van der Waals surface area contributed by atoms with Gasteiger partial charge < -0.3 is 9.16 Å². The van der Waals surface area contributed by atoms with Gasteiger partial charge in [-0.2, -0.15) is 0 Å². The number of esters is 1. The van der Waals surface area contributed by atoms with Gasteiger partial charge >= 0.3 is 5.97 Å². The first-order valence-electron chi connectivity index (χ1n) is 9.46. The quantitative estimate of drug-likeness (QED) is 0.299. The van der Waals surface area contributed by atoms with Crippen LogP contribution in [0, 0.1) is 0 Å². The molecular formula is C23H30O3Si. The molecule has 0 aliphatic rings. The van der Waals surface area contributed by atoms with Gasteiger partial charge in [0.15, 0.2) is 0 Å². The maximum Gasteiger partial charge on any atom is 0.330 e. The Bertz CT molecular complexity index is 694. The Kier molecular flexibility index (Phi) is 7.57. The molecule has 0 saturated carbocycles. The second-order valence-electron chi connectivity index (χ2n) is 7.53. The number of carbonyl (C=O) groups excluding carboxylic acids is 1. The summed E-state index contributed by atoms with van der Waals surface area (Å²) < 4.78 is 11.9. The molecule has 2 rings (SSSR count). The fraction of sp³-hybridized carbons (Fsp3) is 0.348. The molecular weight excluding hydrogens is 352 g/mol. The summed E-state index contributed by atoms with van der Waals surface area (Å²) in [5.74, 6) is -0.303. The molecule has 0 radical (unpaired) electrons. The maximum absolute atomic E-state index is 11.5. The van der Waals surface area contributed by atoms with E-state index in [2.05, 4.69) is 69.3 Å². The zero-order chi connectivity index (χ0) is 19.8. The van der Waals surface area contributed by atoms with Crippen LogP contribution in [-0.2, 0) is 14.0 Å². The highest BCUT2D eigenvalue weighted by Gasteiger charge is 2.49. The van der Waals surface area contributed by atoms with Gasteiger partial charge in [0.25, 0.3) is 8.32 Å². The fourth-order valence-corrected chi connectivity index (χ4v) is 8.01. The van der Waals surface area contributed by atoms with Crippen molar-refractivity contribution in [1.82, 2.24) is 0 Å². The first-order valence-corrected chi connectivity index (χ1v) is 11.4. The Morgan fingerprint density at radius 1 is 0.926 bits per heavy atom. The molecule has 2 aromatic rings. The van der Waals surface area contributed by atoms with Crippen molar-refractivity contribution < 1.29 is 14.0 Å². The number of hydrogen-bond donors (Lipinski definition) is 0. The van der Waals surface area contributed by atoms with Crippen molar-refractivity contribution in [3.8, 4) is 0 Å². The largest absolute Gasteiger partial charge is 0.462 e. The zero-order valence-corrected chi connectivity index (χ0v) is 17.8. The molecule has 0 heterocycles. The Morgan fingerprint density at radius 2 is 1.44 bits per heavy atom. The van der Waals surface area contributed by atoms with E-state index in [1.165, 1.54) is 16.4 Å². The molecule has 0 unspecified atom stereocenters. The van der Waals surface area contributed by atoms with Gasteiger partial charge in [-0.3, -0.25) is 0 Å². The van der Waals surface area contributed by atoms with Crippen LogP contribution < -0.4 is 10.4 Å². The summed E-state index contributed by atoms with van der Waals surface area (Å²) in [6, 6.07) is 21.1. The second-order valence-corrected chi connectivity index (χ2v) is 11.8. The van der Waals surface area contributed by atoms with Crippen LogP contribution in [0.2, 0.25) is 5.04 Å². The van der Waals surface area contributed by atoms with Crippen LogP contribution in [0.15, 0.2) is 72.8 Å². The number of allylic oxidation sites excluding steroid dienone is 1. The molecule has 3 nitrogen and oxygen atoms in total. The smallest absolute Gasteiger partial charge is 0.330 e. The van der Waals surface area contributed by atoms with Gasteiger partial charge in [-0.15, -0.1) is 0 Å². The topological polar surface area (TPSA) is 35.5 Å². The fourth-order valence-electron chi connectivity index (χ4n) is 3.40. The van der Waals surface area contributed by atoms with Gasteiger partial charge in [0.2, 0.25) is 0 Å². The predicted molar refractivity (Wildman–Crippen MR) is 114 cm³/mol. The average Bonchev–Trinajstić information content (AvgIpc) is 2.65. The van der Waals surface area contributed by atoms with Gasteiger partial charge in [-0.25, -0.2) is 4.79 Å². The van der Waals surface area contributed by atoms with Gasteiger partial charge in [0.1, 0.15) is 0 Å². The van der Waals surface area contributed by atoms with Crippen LogP contribution in [-0.4, -0.2) is 27.5 Å². The van der Waals surface area contributed by atoms with Gasteiger partial charge in [0, 0.05) is 19.1 Å². The molecule has 0 saturated heterocycles. The van der Waals surface area contributed by atoms with Crippen molar-refractivity contribution >= 4 is 24.7 Å². The van der Waals surface area contributed by atoms with Crippen LogP contribution in [0.3, 0.4) is 0 Å². The normalized spacial score (nSPS) is 12.3. The monoisotopic (exact) mass is 382 g/mol. The lowest BCUT2D eigenvalue weighted by Crippen LogP contribution is -2.66. The lowest BCUT2D eigenvalue weighted by Gasteiger charge is -2.43. The van der Waals surface area contributed by atoms with Crippen LogP contribution in [0.5, 0.6) is 0 Å². The molecule has 4 heteroatoms. The third kappa shape index (κ3) is 5.18. The van der Waals surface area contributed by atoms with Gasteiger partial charge in [-0.05, 0) is 22.3 Å². The van der Waals surface area contributed by atoms with Crippen LogP contribution in [0.4, 0.5) is 0 Å². The molecule has 0 spiro atoms. The maximum atomic E-state index is 11.5. The number of benzene rings is 2. The highest BCUT2D eigenvalue weighted by Crippen LogP contribution is 2.36. The zero-order valence-electron chi connectivity index (χ0n) is 16.8. The van der Waals surface area contributed by atoms with Crippen LogP contribution in [0.1, 0.15) is 34.1 Å². The highest BCUT2D eigenvalue weighted by molar-refractivity contribution is 6.99. The lowest BCUT2D eigenvalue weighted by molar-refractivity contribution is -0.138. The number of ether oxygens (including phenoxy) is 1. The van der Waals surface area contributed by atoms with Gasteiger partial charge in [-0.1, -0.05) is 87.5 Å². The molecule has 0 N–H and O–H groups in total. The predicted octanol–water partition coefficient (Wildman–Crippen LogP) is 4.07. The number of hydrogen-bond acceptors (Lipinski definition) is 3. The van der Waals surface area contributed by atoms with E-state index in [9.17, 15) is 4.79 Å². The number of carbonyl (C=O) groups is 1. The minimum absolute atomic E-state index is 0.0443. The molecule has 0 fully saturated rings. The summed E-state index contributed by atoms with van der Waals surface area (Å²) in [5.41, 5.74) is 0. The molecule has 2 aromatic carbocycles. The molecule has 0 aliphatic heterocycles. The third-order valence-corrected chi connectivity index (χ3v) is 9.61. The van der Waals surface area contributed by atoms with Crippen molar-refractivity contribution in [2.45, 2.75) is 39.2 Å². The van der Waals surface area contributed by atoms with E-state index in [0.29, 0.717) is 19.6 Å². The Hall–Kier alpha value is -2.17. The average molecular weight is 383 g/mol. The molecule has 0 atom stereocenters. The Morgan fingerprint density at radius 3 is 1.89 bits per heavy atom. The van der Waals surface area contributed by atoms with Gasteiger partial charge in [0.05, 0.1) is 6.61 Å². The van der Waals surface area contributed by atoms with Crippen LogP contribution >= 0.6 is 0 Å². The molecule has 0 amide bonds. The van der Waals surface area contributed by atoms with E-state index in [1.807, 2.05) is 12.1 Å². The van der Waals surface area contributed by atoms with Crippen LogP contribution in [0.25, 0.3) is 0 Å². The SMILES string of the molecule is C/C=C/C(=O)OCCCO[Si](c1ccccc1)(c1ccccc1)C(C)(C)C. The van der Waals surface area contributed by atoms with Crippen molar-refractivity contribution in [3.63, 3.8) is 0 Å². The Balaban J connectivity index is 2.26. The van der Waals surface area contributed by atoms with Crippen molar-refractivity contribution in [2.24, 2.45) is 0 Å². The first kappa shape index (κ1) is 21.1. The second kappa shape index (κ2) is 9.67. The minimum Gasteiger partial charge on any atom is -0.462 e. The molecule has 144 valence electrons. The van der Waals surface area contributed by atoms with Crippen molar-refractivity contribution in [2.75, 3.05) is 13.2 Å². The van der Waals surface area contributed by atoms with E-state index in [-0.39, 0.29) is 11.0 Å². The summed E-state index contributed by atoms with van der Waals surface area (Å²) in [6.45, 7) is 9.48. The Labute approximate surface area is 164 Å². The van der Waals surface area contributed by atoms with E-state index in [1.54, 1.807) is 13.0 Å². The first-order chi connectivity index (χ1) is 12.9. The lowest BCUT2D eigenvalue weighted by atomic mass is 10.2. The highest BCUT2D eigenvalue weighted by atomic mass is 28.4. The van der Waals surface area contributed by atoms with E-state index in [0.717, 1.165) is 0 Å². The van der Waals surface area contributed by atoms with Crippen molar-refractivity contribution in [1.29, 1.82) is 0 Å². The summed E-state index contributed by atoms with van der Waals surface area (Å²) in [5, 5.41) is 2.47. The standard InChI is InChI=1S/C23H30O3Si/c1-5-13-22(24)25-18-12-19-26-27(23(2,3)4,20-14-8-6-9-15-20)21-16-10-7-11-17-21/h5-11,13-17H,12,18-19H2,1-4H3/b13-5+. The van der Waals surface area contributed by atoms with E-state index in [4.69, 9.17) is 9.16 Å². The van der Waals surface area contributed by atoms with Crippen molar-refractivity contribution in [3.05, 3.63) is 72.8 Å². The molecule has 0 bridgehead atoms. The minimum atomic E-state index is -2.50. The van der Waals surface area contributed by atoms with E-state index < -0.39 is 8.32 Å².